The molecular formula is C20H21ClN2O4. The van der Waals surface area contributed by atoms with Crippen molar-refractivity contribution in [2.45, 2.75) is 19.8 Å². The van der Waals surface area contributed by atoms with Crippen molar-refractivity contribution in [3.63, 3.8) is 0 Å². The number of amides is 2. The van der Waals surface area contributed by atoms with Gasteiger partial charge in [0.25, 0.3) is 5.91 Å². The SMILES string of the molecule is Cc1c(Cl)cccc1NC(=O)CNC(=O)COC(=O)CCc1ccccc1. The number of rotatable bonds is 8. The highest BCUT2D eigenvalue weighted by Gasteiger charge is 2.11. The van der Waals surface area contributed by atoms with Gasteiger partial charge in [0.2, 0.25) is 5.91 Å². The fourth-order valence-corrected chi connectivity index (χ4v) is 2.45. The molecule has 2 aromatic carbocycles. The van der Waals surface area contributed by atoms with Crippen molar-refractivity contribution in [3.05, 3.63) is 64.7 Å². The summed E-state index contributed by atoms with van der Waals surface area (Å²) in [7, 11) is 0. The third kappa shape index (κ3) is 7.11. The number of hydrogen-bond acceptors (Lipinski definition) is 4. The number of halogens is 1. The van der Waals surface area contributed by atoms with E-state index in [1.165, 1.54) is 0 Å². The van der Waals surface area contributed by atoms with Crippen LogP contribution in [0.15, 0.2) is 48.5 Å². The monoisotopic (exact) mass is 388 g/mol. The maximum atomic E-state index is 11.9. The van der Waals surface area contributed by atoms with Crippen LogP contribution in [0.25, 0.3) is 0 Å². The van der Waals surface area contributed by atoms with E-state index in [4.69, 9.17) is 16.3 Å². The van der Waals surface area contributed by atoms with E-state index in [9.17, 15) is 14.4 Å². The number of carbonyl (C=O) groups excluding carboxylic acids is 3. The van der Waals surface area contributed by atoms with Crippen LogP contribution in [0.5, 0.6) is 0 Å². The average molecular weight is 389 g/mol. The molecule has 0 fully saturated rings. The molecule has 142 valence electrons. The summed E-state index contributed by atoms with van der Waals surface area (Å²) in [5.74, 6) is -1.40. The third-order valence-electron chi connectivity index (χ3n) is 3.81. The Bertz CT molecular complexity index is 809. The van der Waals surface area contributed by atoms with Gasteiger partial charge in [-0.05, 0) is 36.6 Å². The van der Waals surface area contributed by atoms with E-state index >= 15 is 0 Å². The van der Waals surface area contributed by atoms with Crippen LogP contribution >= 0.6 is 11.6 Å². The first kappa shape index (κ1) is 20.5. The van der Waals surface area contributed by atoms with E-state index in [1.54, 1.807) is 25.1 Å². The van der Waals surface area contributed by atoms with E-state index in [0.29, 0.717) is 17.1 Å². The van der Waals surface area contributed by atoms with Crippen LogP contribution in [0, 0.1) is 6.92 Å². The first-order valence-electron chi connectivity index (χ1n) is 8.47. The lowest BCUT2D eigenvalue weighted by Gasteiger charge is -2.10. The largest absolute Gasteiger partial charge is 0.456 e. The molecule has 0 aliphatic carbocycles. The second kappa shape index (κ2) is 10.3. The second-order valence-corrected chi connectivity index (χ2v) is 6.29. The molecule has 7 heteroatoms. The third-order valence-corrected chi connectivity index (χ3v) is 4.22. The van der Waals surface area contributed by atoms with Gasteiger partial charge < -0.3 is 15.4 Å². The Balaban J connectivity index is 1.66. The Labute approximate surface area is 162 Å². The zero-order valence-electron chi connectivity index (χ0n) is 15.0. The molecule has 2 aromatic rings. The molecule has 0 radical (unpaired) electrons. The Morgan fingerprint density at radius 2 is 1.74 bits per heavy atom. The Morgan fingerprint density at radius 1 is 1.00 bits per heavy atom. The summed E-state index contributed by atoms with van der Waals surface area (Å²) in [4.78, 5) is 35.3. The summed E-state index contributed by atoms with van der Waals surface area (Å²) in [5, 5.41) is 5.61. The van der Waals surface area contributed by atoms with Crippen molar-refractivity contribution in [1.29, 1.82) is 0 Å². The van der Waals surface area contributed by atoms with Crippen molar-refractivity contribution in [3.8, 4) is 0 Å². The molecule has 0 unspecified atom stereocenters. The number of carbonyl (C=O) groups is 3. The first-order valence-corrected chi connectivity index (χ1v) is 8.84. The van der Waals surface area contributed by atoms with Crippen LogP contribution in [0.4, 0.5) is 5.69 Å². The number of aryl methyl sites for hydroxylation is 1. The van der Waals surface area contributed by atoms with Crippen molar-refractivity contribution < 1.29 is 19.1 Å². The van der Waals surface area contributed by atoms with Gasteiger partial charge in [-0.1, -0.05) is 48.0 Å². The Morgan fingerprint density at radius 3 is 2.48 bits per heavy atom. The Kier molecular flexibility index (Phi) is 7.82. The van der Waals surface area contributed by atoms with Crippen LogP contribution in [0.3, 0.4) is 0 Å². The topological polar surface area (TPSA) is 84.5 Å². The molecule has 0 aromatic heterocycles. The molecule has 0 spiro atoms. The van der Waals surface area contributed by atoms with Gasteiger partial charge in [-0.3, -0.25) is 14.4 Å². The number of ether oxygens (including phenoxy) is 1. The molecule has 0 atom stereocenters. The molecule has 0 saturated carbocycles. The number of benzene rings is 2. The highest BCUT2D eigenvalue weighted by molar-refractivity contribution is 6.31. The molecule has 6 nitrogen and oxygen atoms in total. The predicted octanol–water partition coefficient (Wildman–Crippen LogP) is 2.88. The minimum absolute atomic E-state index is 0.186. The number of esters is 1. The van der Waals surface area contributed by atoms with E-state index in [-0.39, 0.29) is 13.0 Å². The van der Waals surface area contributed by atoms with Crippen LogP contribution < -0.4 is 10.6 Å². The number of anilines is 1. The number of nitrogens with one attached hydrogen (secondary N) is 2. The molecule has 2 amide bonds. The van der Waals surface area contributed by atoms with Gasteiger partial charge >= 0.3 is 5.97 Å². The van der Waals surface area contributed by atoms with Crippen molar-refractivity contribution >= 4 is 35.1 Å². The molecule has 0 saturated heterocycles. The lowest BCUT2D eigenvalue weighted by Crippen LogP contribution is -2.35. The summed E-state index contributed by atoms with van der Waals surface area (Å²) in [6, 6.07) is 14.7. The van der Waals surface area contributed by atoms with Crippen molar-refractivity contribution in [2.24, 2.45) is 0 Å². The molecule has 0 heterocycles. The maximum Gasteiger partial charge on any atom is 0.306 e. The quantitative estimate of drug-likeness (QED) is 0.681. The normalized spacial score (nSPS) is 10.1. The second-order valence-electron chi connectivity index (χ2n) is 5.88. The minimum atomic E-state index is -0.541. The lowest BCUT2D eigenvalue weighted by atomic mass is 10.1. The minimum Gasteiger partial charge on any atom is -0.456 e. The van der Waals surface area contributed by atoms with Crippen LogP contribution in [0.2, 0.25) is 5.02 Å². The predicted molar refractivity (Wildman–Crippen MR) is 104 cm³/mol. The summed E-state index contributed by atoms with van der Waals surface area (Å²) < 4.78 is 4.91. The van der Waals surface area contributed by atoms with E-state index in [0.717, 1.165) is 11.1 Å². The van der Waals surface area contributed by atoms with Crippen molar-refractivity contribution in [1.82, 2.24) is 5.32 Å². The fraction of sp³-hybridized carbons (Fsp3) is 0.250. The molecule has 2 N–H and O–H groups in total. The molecule has 0 aliphatic heterocycles. The molecule has 27 heavy (non-hydrogen) atoms. The van der Waals surface area contributed by atoms with E-state index < -0.39 is 24.4 Å². The average Bonchev–Trinajstić information content (AvgIpc) is 2.67. The van der Waals surface area contributed by atoms with Gasteiger partial charge in [-0.2, -0.15) is 0 Å². The zero-order chi connectivity index (χ0) is 19.6. The van der Waals surface area contributed by atoms with Crippen LogP contribution in [-0.2, 0) is 25.5 Å². The maximum absolute atomic E-state index is 11.9. The molecular weight excluding hydrogens is 368 g/mol. The smallest absolute Gasteiger partial charge is 0.306 e. The summed E-state index contributed by atoms with van der Waals surface area (Å²) in [6.45, 7) is 1.13. The van der Waals surface area contributed by atoms with Gasteiger partial charge in [0, 0.05) is 17.1 Å². The fourth-order valence-electron chi connectivity index (χ4n) is 2.28. The summed E-state index contributed by atoms with van der Waals surface area (Å²) in [5.41, 5.74) is 2.34. The van der Waals surface area contributed by atoms with Crippen molar-refractivity contribution in [2.75, 3.05) is 18.5 Å². The van der Waals surface area contributed by atoms with Gasteiger partial charge in [0.05, 0.1) is 6.54 Å². The number of hydrogen-bond donors (Lipinski definition) is 2. The van der Waals surface area contributed by atoms with Crippen LogP contribution in [0.1, 0.15) is 17.5 Å². The van der Waals surface area contributed by atoms with E-state index in [2.05, 4.69) is 10.6 Å². The highest BCUT2D eigenvalue weighted by Crippen LogP contribution is 2.22. The zero-order valence-corrected chi connectivity index (χ0v) is 15.7. The van der Waals surface area contributed by atoms with Gasteiger partial charge in [0.1, 0.15) is 0 Å². The molecule has 2 rings (SSSR count). The van der Waals surface area contributed by atoms with Gasteiger partial charge in [-0.25, -0.2) is 0 Å². The Hall–Kier alpha value is -2.86. The van der Waals surface area contributed by atoms with E-state index in [1.807, 2.05) is 30.3 Å². The van der Waals surface area contributed by atoms with Gasteiger partial charge in [-0.15, -0.1) is 0 Å². The lowest BCUT2D eigenvalue weighted by molar-refractivity contribution is -0.148. The molecule has 0 aliphatic rings. The van der Waals surface area contributed by atoms with Gasteiger partial charge in [0.15, 0.2) is 6.61 Å². The van der Waals surface area contributed by atoms with Crippen LogP contribution in [-0.4, -0.2) is 30.9 Å². The highest BCUT2D eigenvalue weighted by atomic mass is 35.5. The standard InChI is InChI=1S/C20H21ClN2O4/c1-14-16(21)8-5-9-17(14)23-18(24)12-22-19(25)13-27-20(26)11-10-15-6-3-2-4-7-15/h2-9H,10-13H2,1H3,(H,22,25)(H,23,24). The summed E-state index contributed by atoms with van der Waals surface area (Å²) in [6.07, 6.45) is 0.731. The summed E-state index contributed by atoms with van der Waals surface area (Å²) >= 11 is 5.99. The first-order chi connectivity index (χ1) is 13.0. The molecule has 0 bridgehead atoms.